The first-order valence-corrected chi connectivity index (χ1v) is 17.1. The van der Waals surface area contributed by atoms with Crippen molar-refractivity contribution in [3.05, 3.63) is 120 Å². The molecule has 0 saturated carbocycles. The minimum absolute atomic E-state index is 0.0116. The van der Waals surface area contributed by atoms with Crippen molar-refractivity contribution in [1.82, 2.24) is 10.2 Å². The monoisotopic (exact) mass is 677 g/mol. The van der Waals surface area contributed by atoms with Gasteiger partial charge in [0.1, 0.15) is 37.4 Å². The van der Waals surface area contributed by atoms with Crippen LogP contribution in [0.5, 0.6) is 11.5 Å². The molecule has 12 heteroatoms. The zero-order valence-corrected chi connectivity index (χ0v) is 27.3. The molecule has 48 heavy (non-hydrogen) atoms. The van der Waals surface area contributed by atoms with Gasteiger partial charge in [0, 0.05) is 31.1 Å². The van der Waals surface area contributed by atoms with Crippen molar-refractivity contribution in [3.63, 3.8) is 0 Å². The Hall–Kier alpha value is -4.97. The van der Waals surface area contributed by atoms with Crippen LogP contribution in [0.4, 0.5) is 14.5 Å². The van der Waals surface area contributed by atoms with Crippen molar-refractivity contribution in [3.8, 4) is 11.5 Å². The molecule has 0 fully saturated rings. The van der Waals surface area contributed by atoms with Gasteiger partial charge in [-0.1, -0.05) is 61.9 Å². The number of nitrogens with one attached hydrogen (secondary N) is 1. The average Bonchev–Trinajstić information content (AvgIpc) is 3.10. The molecule has 4 aromatic carbocycles. The molecule has 0 bridgehead atoms. The fourth-order valence-corrected chi connectivity index (χ4v) is 6.75. The van der Waals surface area contributed by atoms with Crippen LogP contribution in [0.15, 0.2) is 102 Å². The number of fused-ring (bicyclic) bond motifs is 1. The maximum absolute atomic E-state index is 15.1. The van der Waals surface area contributed by atoms with Gasteiger partial charge in [0.05, 0.1) is 10.6 Å². The van der Waals surface area contributed by atoms with E-state index in [1.165, 1.54) is 53.4 Å². The lowest BCUT2D eigenvalue weighted by atomic mass is 10.0. The first kappa shape index (κ1) is 34.4. The zero-order chi connectivity index (χ0) is 34.1. The summed E-state index contributed by atoms with van der Waals surface area (Å²) in [7, 11) is -4.48. The number of amides is 2. The van der Waals surface area contributed by atoms with Gasteiger partial charge in [0.2, 0.25) is 11.8 Å². The van der Waals surface area contributed by atoms with E-state index in [9.17, 15) is 22.4 Å². The fraction of sp³-hybridized carbons (Fsp3) is 0.278. The van der Waals surface area contributed by atoms with E-state index in [0.29, 0.717) is 25.3 Å². The number of benzene rings is 4. The molecule has 1 heterocycles. The maximum atomic E-state index is 15.1. The summed E-state index contributed by atoms with van der Waals surface area (Å²) in [5.74, 6) is -1.82. The molecule has 1 atom stereocenters. The summed E-state index contributed by atoms with van der Waals surface area (Å²) in [5, 5.41) is 2.89. The highest BCUT2D eigenvalue weighted by molar-refractivity contribution is 7.92. The zero-order valence-electron chi connectivity index (χ0n) is 26.5. The number of sulfonamides is 1. The molecule has 0 spiro atoms. The summed E-state index contributed by atoms with van der Waals surface area (Å²) in [6, 6.07) is 22.6. The lowest BCUT2D eigenvalue weighted by molar-refractivity contribution is -0.140. The van der Waals surface area contributed by atoms with E-state index in [0.717, 1.165) is 28.4 Å². The highest BCUT2D eigenvalue weighted by Crippen LogP contribution is 2.34. The van der Waals surface area contributed by atoms with E-state index in [1.54, 1.807) is 18.2 Å². The van der Waals surface area contributed by atoms with E-state index < -0.39 is 46.1 Å². The van der Waals surface area contributed by atoms with E-state index in [4.69, 9.17) is 9.47 Å². The van der Waals surface area contributed by atoms with Crippen LogP contribution in [0.1, 0.15) is 30.9 Å². The molecule has 5 rings (SSSR count). The highest BCUT2D eigenvalue weighted by atomic mass is 32.2. The molecule has 1 aliphatic rings. The summed E-state index contributed by atoms with van der Waals surface area (Å²) in [6.45, 7) is 1.79. The minimum atomic E-state index is -4.48. The van der Waals surface area contributed by atoms with Gasteiger partial charge in [0.15, 0.2) is 11.5 Å². The van der Waals surface area contributed by atoms with Gasteiger partial charge in [-0.2, -0.15) is 0 Å². The molecule has 252 valence electrons. The number of hydrogen-bond acceptors (Lipinski definition) is 6. The lowest BCUT2D eigenvalue weighted by Crippen LogP contribution is -2.53. The number of halogens is 2. The molecule has 1 N–H and O–H groups in total. The van der Waals surface area contributed by atoms with E-state index >= 15 is 4.39 Å². The molecule has 2 amide bonds. The Kier molecular flexibility index (Phi) is 11.3. The predicted molar refractivity (Wildman–Crippen MR) is 177 cm³/mol. The summed E-state index contributed by atoms with van der Waals surface area (Å²) in [5.41, 5.74) is 0.907. The molecule has 9 nitrogen and oxygen atoms in total. The second-order valence-corrected chi connectivity index (χ2v) is 13.1. The van der Waals surface area contributed by atoms with Gasteiger partial charge >= 0.3 is 0 Å². The van der Waals surface area contributed by atoms with Gasteiger partial charge < -0.3 is 19.7 Å². The van der Waals surface area contributed by atoms with Crippen LogP contribution < -0.4 is 19.1 Å². The van der Waals surface area contributed by atoms with Crippen LogP contribution in [-0.2, 0) is 32.6 Å². The average molecular weight is 678 g/mol. The third kappa shape index (κ3) is 8.29. The van der Waals surface area contributed by atoms with Crippen LogP contribution in [-0.4, -0.2) is 57.5 Å². The van der Waals surface area contributed by atoms with Crippen molar-refractivity contribution >= 4 is 27.5 Å². The number of anilines is 1. The van der Waals surface area contributed by atoms with Crippen LogP contribution >= 0.6 is 0 Å². The molecule has 1 unspecified atom stereocenters. The van der Waals surface area contributed by atoms with Gasteiger partial charge in [-0.05, 0) is 54.4 Å². The van der Waals surface area contributed by atoms with E-state index in [1.807, 2.05) is 25.1 Å². The summed E-state index contributed by atoms with van der Waals surface area (Å²) < 4.78 is 69.6. The number of rotatable bonds is 14. The standard InChI is InChI=1S/C36H37F2N3O6S/c1-2-3-19-39-36(43)32(22-26-9-5-4-6-10-26)40(24-27-11-7-8-12-31(27)38)35(42)25-41(29-15-13-28(37)14-16-29)48(44,45)30-17-18-33-34(23-30)47-21-20-46-33/h4-18,23,32H,2-3,19-22,24-25H2,1H3,(H,39,43). The summed E-state index contributed by atoms with van der Waals surface area (Å²) in [4.78, 5) is 29.3. The topological polar surface area (TPSA) is 105 Å². The Labute approximate surface area is 279 Å². The van der Waals surface area contributed by atoms with E-state index in [-0.39, 0.29) is 41.5 Å². The first-order valence-electron chi connectivity index (χ1n) is 15.7. The third-order valence-electron chi connectivity index (χ3n) is 7.89. The highest BCUT2D eigenvalue weighted by Gasteiger charge is 2.35. The number of hydrogen-bond donors (Lipinski definition) is 1. The van der Waals surface area contributed by atoms with Gasteiger partial charge in [-0.15, -0.1) is 0 Å². The van der Waals surface area contributed by atoms with E-state index in [2.05, 4.69) is 5.32 Å². The Morgan fingerprint density at radius 2 is 1.56 bits per heavy atom. The predicted octanol–water partition coefficient (Wildman–Crippen LogP) is 5.49. The molecule has 0 saturated heterocycles. The quantitative estimate of drug-likeness (QED) is 0.177. The molecular weight excluding hydrogens is 640 g/mol. The number of ether oxygens (including phenoxy) is 2. The number of unbranched alkanes of at least 4 members (excludes halogenated alkanes) is 1. The molecule has 0 aromatic heterocycles. The summed E-state index contributed by atoms with van der Waals surface area (Å²) >= 11 is 0. The first-order chi connectivity index (χ1) is 23.2. The normalized spacial score (nSPS) is 13.0. The lowest BCUT2D eigenvalue weighted by Gasteiger charge is -2.34. The second kappa shape index (κ2) is 15.7. The van der Waals surface area contributed by atoms with Crippen LogP contribution in [0.3, 0.4) is 0 Å². The van der Waals surface area contributed by atoms with Crippen molar-refractivity contribution in [1.29, 1.82) is 0 Å². The smallest absolute Gasteiger partial charge is 0.264 e. The van der Waals surface area contributed by atoms with Crippen molar-refractivity contribution in [2.75, 3.05) is 30.6 Å². The van der Waals surface area contributed by atoms with Gasteiger partial charge in [-0.3, -0.25) is 13.9 Å². The van der Waals surface area contributed by atoms with Crippen LogP contribution in [0.25, 0.3) is 0 Å². The van der Waals surface area contributed by atoms with Crippen molar-refractivity contribution in [2.24, 2.45) is 0 Å². The number of carbonyl (C=O) groups excluding carboxylic acids is 2. The summed E-state index contributed by atoms with van der Waals surface area (Å²) in [6.07, 6.45) is 1.62. The fourth-order valence-electron chi connectivity index (χ4n) is 5.32. The number of nitrogens with zero attached hydrogens (tertiary/aromatic N) is 2. The molecule has 0 aliphatic carbocycles. The van der Waals surface area contributed by atoms with Gasteiger partial charge in [0.25, 0.3) is 10.0 Å². The molecule has 4 aromatic rings. The van der Waals surface area contributed by atoms with Crippen molar-refractivity contribution < 1.29 is 36.3 Å². The van der Waals surface area contributed by atoms with Crippen LogP contribution in [0.2, 0.25) is 0 Å². The minimum Gasteiger partial charge on any atom is -0.486 e. The molecule has 1 aliphatic heterocycles. The Morgan fingerprint density at radius 1 is 0.875 bits per heavy atom. The van der Waals surface area contributed by atoms with Crippen molar-refractivity contribution in [2.45, 2.75) is 43.7 Å². The Bertz CT molecular complexity index is 1820. The third-order valence-corrected chi connectivity index (χ3v) is 9.66. The molecule has 0 radical (unpaired) electrons. The Morgan fingerprint density at radius 3 is 2.27 bits per heavy atom. The maximum Gasteiger partial charge on any atom is 0.264 e. The SMILES string of the molecule is CCCCNC(=O)C(Cc1ccccc1)N(Cc1ccccc1F)C(=O)CN(c1ccc(F)cc1)S(=O)(=O)c1ccc2c(c1)OCCO2. The van der Waals surface area contributed by atoms with Gasteiger partial charge in [-0.25, -0.2) is 17.2 Å². The van der Waals surface area contributed by atoms with Crippen LogP contribution in [0, 0.1) is 11.6 Å². The Balaban J connectivity index is 1.57. The second-order valence-electron chi connectivity index (χ2n) is 11.3. The number of carbonyl (C=O) groups is 2. The largest absolute Gasteiger partial charge is 0.486 e. The molecular formula is C36H37F2N3O6S.